The molecule has 0 aromatic heterocycles. The molecular formula is C12H23N3O2. The topological polar surface area (TPSA) is 53.6 Å². The van der Waals surface area contributed by atoms with E-state index >= 15 is 0 Å². The van der Waals surface area contributed by atoms with Gasteiger partial charge in [-0.05, 0) is 20.8 Å². The molecule has 2 heterocycles. The van der Waals surface area contributed by atoms with Gasteiger partial charge in [-0.1, -0.05) is 0 Å². The van der Waals surface area contributed by atoms with Crippen molar-refractivity contribution in [2.75, 3.05) is 32.8 Å². The zero-order valence-electron chi connectivity index (χ0n) is 11.0. The van der Waals surface area contributed by atoms with E-state index in [0.29, 0.717) is 18.6 Å². The summed E-state index contributed by atoms with van der Waals surface area (Å²) < 4.78 is 5.49. The van der Waals surface area contributed by atoms with Crippen LogP contribution < -0.4 is 10.6 Å². The molecule has 98 valence electrons. The Labute approximate surface area is 103 Å². The number of hydrogen-bond donors (Lipinski definition) is 2. The zero-order valence-corrected chi connectivity index (χ0v) is 11.0. The van der Waals surface area contributed by atoms with Gasteiger partial charge in [0.1, 0.15) is 6.61 Å². The third-order valence-electron chi connectivity index (χ3n) is 3.38. The van der Waals surface area contributed by atoms with E-state index < -0.39 is 0 Å². The van der Waals surface area contributed by atoms with Crippen LogP contribution in [0.5, 0.6) is 0 Å². The molecule has 2 saturated heterocycles. The summed E-state index contributed by atoms with van der Waals surface area (Å²) in [6.07, 6.45) is 0. The van der Waals surface area contributed by atoms with Gasteiger partial charge in [-0.2, -0.15) is 0 Å². The molecule has 2 fully saturated rings. The fraction of sp³-hybridized carbons (Fsp3) is 0.917. The highest BCUT2D eigenvalue weighted by molar-refractivity contribution is 5.78. The summed E-state index contributed by atoms with van der Waals surface area (Å²) in [7, 11) is 0. The third-order valence-corrected chi connectivity index (χ3v) is 3.38. The molecule has 5 nitrogen and oxygen atoms in total. The largest absolute Gasteiger partial charge is 0.364 e. The van der Waals surface area contributed by atoms with Crippen LogP contribution >= 0.6 is 0 Å². The third kappa shape index (κ3) is 3.40. The lowest BCUT2D eigenvalue weighted by Crippen LogP contribution is -2.60. The lowest BCUT2D eigenvalue weighted by molar-refractivity contribution is -0.159. The van der Waals surface area contributed by atoms with E-state index in [-0.39, 0.29) is 18.1 Å². The molecule has 2 N–H and O–H groups in total. The number of piperazine rings is 1. The molecule has 0 bridgehead atoms. The van der Waals surface area contributed by atoms with Crippen molar-refractivity contribution in [3.63, 3.8) is 0 Å². The Morgan fingerprint density at radius 3 is 2.82 bits per heavy atom. The lowest BCUT2D eigenvalue weighted by atomic mass is 10.1. The van der Waals surface area contributed by atoms with Crippen molar-refractivity contribution in [3.05, 3.63) is 0 Å². The maximum Gasteiger partial charge on any atom is 0.248 e. The summed E-state index contributed by atoms with van der Waals surface area (Å²) in [5, 5.41) is 6.89. The second kappa shape index (κ2) is 4.92. The van der Waals surface area contributed by atoms with Gasteiger partial charge in [0.15, 0.2) is 0 Å². The highest BCUT2D eigenvalue weighted by Crippen LogP contribution is 2.17. The first-order valence-electron chi connectivity index (χ1n) is 6.35. The standard InChI is InChI=1S/C12H23N3O2/c1-9-4-14-10(5-13-9)6-15-8-12(2,3)17-7-11(15)16/h9-10,13-14H,4-8H2,1-3H3/t9-,10+/m1/s1. The Balaban J connectivity index is 1.86. The number of rotatable bonds is 2. The average Bonchev–Trinajstić information content (AvgIpc) is 2.26. The predicted molar refractivity (Wildman–Crippen MR) is 65.9 cm³/mol. The highest BCUT2D eigenvalue weighted by Gasteiger charge is 2.33. The van der Waals surface area contributed by atoms with E-state index in [9.17, 15) is 4.79 Å². The minimum absolute atomic E-state index is 0.102. The van der Waals surface area contributed by atoms with E-state index in [4.69, 9.17) is 4.74 Å². The van der Waals surface area contributed by atoms with Crippen LogP contribution in [-0.2, 0) is 9.53 Å². The van der Waals surface area contributed by atoms with Crippen LogP contribution in [0.25, 0.3) is 0 Å². The average molecular weight is 241 g/mol. The molecular weight excluding hydrogens is 218 g/mol. The maximum atomic E-state index is 11.8. The normalized spacial score (nSPS) is 33.8. The van der Waals surface area contributed by atoms with Gasteiger partial charge >= 0.3 is 0 Å². The van der Waals surface area contributed by atoms with E-state index in [0.717, 1.165) is 19.6 Å². The molecule has 0 radical (unpaired) electrons. The van der Waals surface area contributed by atoms with Gasteiger partial charge in [0, 0.05) is 38.3 Å². The summed E-state index contributed by atoms with van der Waals surface area (Å²) in [6.45, 7) is 9.77. The summed E-state index contributed by atoms with van der Waals surface area (Å²) in [5.74, 6) is 0.102. The van der Waals surface area contributed by atoms with Crippen LogP contribution in [-0.4, -0.2) is 61.3 Å². The maximum absolute atomic E-state index is 11.8. The molecule has 2 atom stereocenters. The van der Waals surface area contributed by atoms with Crippen molar-refractivity contribution in [2.24, 2.45) is 0 Å². The lowest BCUT2D eigenvalue weighted by Gasteiger charge is -2.40. The zero-order chi connectivity index (χ0) is 12.5. The first-order valence-corrected chi connectivity index (χ1v) is 6.35. The molecule has 2 aliphatic rings. The van der Waals surface area contributed by atoms with Crippen molar-refractivity contribution < 1.29 is 9.53 Å². The van der Waals surface area contributed by atoms with Crippen molar-refractivity contribution in [1.82, 2.24) is 15.5 Å². The van der Waals surface area contributed by atoms with Crippen LogP contribution in [0.15, 0.2) is 0 Å². The number of amides is 1. The Morgan fingerprint density at radius 2 is 2.18 bits per heavy atom. The van der Waals surface area contributed by atoms with E-state index in [1.54, 1.807) is 0 Å². The van der Waals surface area contributed by atoms with Gasteiger partial charge in [0.05, 0.1) is 5.60 Å². The molecule has 2 rings (SSSR count). The molecule has 0 aliphatic carbocycles. The van der Waals surface area contributed by atoms with Gasteiger partial charge < -0.3 is 20.3 Å². The Kier molecular flexibility index (Phi) is 3.70. The number of carbonyl (C=O) groups is 1. The van der Waals surface area contributed by atoms with Gasteiger partial charge in [-0.25, -0.2) is 0 Å². The predicted octanol–water partition coefficient (Wildman–Crippen LogP) is -0.426. The second-order valence-corrected chi connectivity index (χ2v) is 5.74. The van der Waals surface area contributed by atoms with Gasteiger partial charge in [-0.3, -0.25) is 4.79 Å². The van der Waals surface area contributed by atoms with Crippen LogP contribution in [0, 0.1) is 0 Å². The van der Waals surface area contributed by atoms with Gasteiger partial charge in [-0.15, -0.1) is 0 Å². The smallest absolute Gasteiger partial charge is 0.248 e. The first kappa shape index (κ1) is 12.8. The number of carbonyl (C=O) groups excluding carboxylic acids is 1. The Morgan fingerprint density at radius 1 is 1.41 bits per heavy atom. The molecule has 1 amide bonds. The monoisotopic (exact) mass is 241 g/mol. The number of ether oxygens (including phenoxy) is 1. The summed E-state index contributed by atoms with van der Waals surface area (Å²) in [5.41, 5.74) is -0.219. The minimum atomic E-state index is -0.219. The molecule has 0 spiro atoms. The second-order valence-electron chi connectivity index (χ2n) is 5.74. The van der Waals surface area contributed by atoms with Crippen molar-refractivity contribution in [3.8, 4) is 0 Å². The van der Waals surface area contributed by atoms with Gasteiger partial charge in [0.25, 0.3) is 0 Å². The van der Waals surface area contributed by atoms with Crippen LogP contribution in [0.4, 0.5) is 0 Å². The molecule has 0 aromatic rings. The first-order chi connectivity index (χ1) is 7.96. The minimum Gasteiger partial charge on any atom is -0.364 e. The summed E-state index contributed by atoms with van der Waals surface area (Å²) in [4.78, 5) is 13.7. The fourth-order valence-corrected chi connectivity index (χ4v) is 2.33. The molecule has 0 unspecified atom stereocenters. The molecule has 0 saturated carbocycles. The SMILES string of the molecule is C[C@@H]1CN[C@H](CN2CC(C)(C)OCC2=O)CN1. The van der Waals surface area contributed by atoms with Gasteiger partial charge in [0.2, 0.25) is 5.91 Å². The van der Waals surface area contributed by atoms with E-state index in [1.165, 1.54) is 0 Å². The number of nitrogens with one attached hydrogen (secondary N) is 2. The van der Waals surface area contributed by atoms with E-state index in [1.807, 2.05) is 18.7 Å². The molecule has 17 heavy (non-hydrogen) atoms. The fourth-order valence-electron chi connectivity index (χ4n) is 2.33. The quantitative estimate of drug-likeness (QED) is 0.689. The van der Waals surface area contributed by atoms with Crippen molar-refractivity contribution in [2.45, 2.75) is 38.5 Å². The van der Waals surface area contributed by atoms with Crippen LogP contribution in [0.1, 0.15) is 20.8 Å². The van der Waals surface area contributed by atoms with Crippen molar-refractivity contribution in [1.29, 1.82) is 0 Å². The molecule has 0 aromatic carbocycles. The number of morpholine rings is 1. The Bertz CT molecular complexity index is 285. The Hall–Kier alpha value is -0.650. The molecule has 2 aliphatic heterocycles. The van der Waals surface area contributed by atoms with Crippen LogP contribution in [0.2, 0.25) is 0 Å². The number of nitrogens with zero attached hydrogens (tertiary/aromatic N) is 1. The van der Waals surface area contributed by atoms with Crippen molar-refractivity contribution >= 4 is 5.91 Å². The highest BCUT2D eigenvalue weighted by atomic mass is 16.5. The number of hydrogen-bond acceptors (Lipinski definition) is 4. The summed E-state index contributed by atoms with van der Waals surface area (Å²) >= 11 is 0. The van der Waals surface area contributed by atoms with Crippen LogP contribution in [0.3, 0.4) is 0 Å². The molecule has 5 heteroatoms. The summed E-state index contributed by atoms with van der Waals surface area (Å²) in [6, 6.07) is 0.868. The van der Waals surface area contributed by atoms with E-state index in [2.05, 4.69) is 17.6 Å².